The van der Waals surface area contributed by atoms with Gasteiger partial charge in [-0.2, -0.15) is 0 Å². The van der Waals surface area contributed by atoms with Crippen LogP contribution in [-0.2, 0) is 128 Å². The average molecular weight is 2210 g/mol. The van der Waals surface area contributed by atoms with Crippen molar-refractivity contribution in [1.29, 1.82) is 0 Å². The Hall–Kier alpha value is -3.62. The number of aliphatic hydroxyl groups is 39. The van der Waals surface area contributed by atoms with Crippen LogP contribution in [0.5, 0.6) is 0 Å². The molecule has 0 saturated carbocycles. The first-order valence-corrected chi connectivity index (χ1v) is 47.7. The minimum Gasteiger partial charge on any atom is -0.394 e. The zero-order valence-electron chi connectivity index (χ0n) is 79.2. The van der Waals surface area contributed by atoms with Crippen molar-refractivity contribution in [1.82, 2.24) is 10.6 Å². The van der Waals surface area contributed by atoms with Gasteiger partial charge in [-0.25, -0.2) is 0 Å². The second-order valence-electron chi connectivity index (χ2n) is 38.0. The zero-order chi connectivity index (χ0) is 110. The van der Waals surface area contributed by atoms with Gasteiger partial charge in [0.05, 0.1) is 85.9 Å². The Kier molecular flexibility index (Phi) is 44.2. The highest BCUT2D eigenvalue weighted by molar-refractivity contribution is 5.73. The molecular formula is C82H138N2O66. The first-order valence-electron chi connectivity index (χ1n) is 47.7. The predicted octanol–water partition coefficient (Wildman–Crippen LogP) is -29.0. The van der Waals surface area contributed by atoms with Crippen molar-refractivity contribution < 1.29 is 327 Å². The number of hydrogen-bond acceptors (Lipinski definition) is 66. The molecule has 150 heavy (non-hydrogen) atoms. The minimum absolute atomic E-state index is 0.856. The third-order valence-corrected chi connectivity index (χ3v) is 28.0. The van der Waals surface area contributed by atoms with Crippen molar-refractivity contribution in [3.05, 3.63) is 0 Å². The van der Waals surface area contributed by atoms with E-state index in [9.17, 15) is 209 Å². The number of aliphatic hydroxyl groups excluding tert-OH is 39. The first-order chi connectivity index (χ1) is 71.1. The molecule has 13 fully saturated rings. The molecule has 0 unspecified atom stereocenters. The molecule has 872 valence electrons. The van der Waals surface area contributed by atoms with Gasteiger partial charge < -0.3 is 328 Å². The Morgan fingerprint density at radius 1 is 0.173 bits per heavy atom. The van der Waals surface area contributed by atoms with Gasteiger partial charge in [0.1, 0.15) is 317 Å². The third-order valence-electron chi connectivity index (χ3n) is 28.0. The molecule has 0 aromatic carbocycles. The van der Waals surface area contributed by atoms with E-state index < -0.39 is 497 Å². The maximum absolute atomic E-state index is 13.3. The zero-order valence-corrected chi connectivity index (χ0v) is 79.2. The van der Waals surface area contributed by atoms with Crippen LogP contribution >= 0.6 is 0 Å². The molecule has 13 rings (SSSR count). The Balaban J connectivity index is 0.870. The van der Waals surface area contributed by atoms with E-state index in [2.05, 4.69) is 10.6 Å². The van der Waals surface area contributed by atoms with E-state index in [1.165, 1.54) is 0 Å². The van der Waals surface area contributed by atoms with Gasteiger partial charge in [0.15, 0.2) is 81.8 Å². The van der Waals surface area contributed by atoms with Crippen LogP contribution < -0.4 is 10.6 Å². The van der Waals surface area contributed by atoms with Crippen LogP contribution in [0.15, 0.2) is 0 Å². The lowest BCUT2D eigenvalue weighted by Crippen LogP contribution is -2.70. The van der Waals surface area contributed by atoms with Crippen LogP contribution in [0.2, 0.25) is 0 Å². The number of nitrogens with one attached hydrogen (secondary N) is 2. The van der Waals surface area contributed by atoms with Crippen LogP contribution in [0, 0.1) is 0 Å². The maximum atomic E-state index is 13.3. The lowest BCUT2D eigenvalue weighted by molar-refractivity contribution is -0.414. The Morgan fingerprint density at radius 2 is 0.367 bits per heavy atom. The Morgan fingerprint density at radius 3 is 0.660 bits per heavy atom. The molecule has 68 nitrogen and oxygen atoms in total. The smallest absolute Gasteiger partial charge is 0.217 e. The monoisotopic (exact) mass is 2210 g/mol. The van der Waals surface area contributed by atoms with Gasteiger partial charge in [-0.3, -0.25) is 9.59 Å². The fourth-order valence-corrected chi connectivity index (χ4v) is 19.4. The molecule has 0 aliphatic carbocycles. The summed E-state index contributed by atoms with van der Waals surface area (Å²) >= 11 is 0. The van der Waals surface area contributed by atoms with Crippen molar-refractivity contribution >= 4 is 11.8 Å². The molecule has 0 aromatic heterocycles. The summed E-state index contributed by atoms with van der Waals surface area (Å²) in [6.07, 6.45) is -144. The lowest BCUT2D eigenvalue weighted by atomic mass is 9.94. The second kappa shape index (κ2) is 53.8. The van der Waals surface area contributed by atoms with E-state index >= 15 is 0 Å². The molecule has 0 spiro atoms. The van der Waals surface area contributed by atoms with Gasteiger partial charge >= 0.3 is 0 Å². The molecule has 41 N–H and O–H groups in total. The lowest BCUT2D eigenvalue weighted by Gasteiger charge is -2.51. The number of hydrogen-bond donors (Lipinski definition) is 41. The van der Waals surface area contributed by atoms with Gasteiger partial charge in [-0.05, 0) is 0 Å². The fraction of sp³-hybridized carbons (Fsp3) is 0.976. The summed E-state index contributed by atoms with van der Waals surface area (Å²) in [4.78, 5) is 25.6. The molecule has 0 radical (unpaired) electrons. The topological polar surface area (TPSA) is 1080 Å². The highest BCUT2D eigenvalue weighted by atomic mass is 16.8. The van der Waals surface area contributed by atoms with Crippen molar-refractivity contribution in [2.75, 3.05) is 85.9 Å². The van der Waals surface area contributed by atoms with Crippen LogP contribution in [-0.4, -0.2) is 696 Å². The van der Waals surface area contributed by atoms with Gasteiger partial charge in [0, 0.05) is 13.8 Å². The van der Waals surface area contributed by atoms with Gasteiger partial charge in [0.25, 0.3) is 0 Å². The summed E-state index contributed by atoms with van der Waals surface area (Å²) in [7, 11) is 0. The average Bonchev–Trinajstić information content (AvgIpc) is 0.763. The third kappa shape index (κ3) is 26.2. The van der Waals surface area contributed by atoms with Crippen LogP contribution in [0.25, 0.3) is 0 Å². The Bertz CT molecular complexity index is 4070. The number of rotatable bonds is 39. The van der Waals surface area contributed by atoms with Crippen molar-refractivity contribution in [3.8, 4) is 0 Å². The predicted molar refractivity (Wildman–Crippen MR) is 451 cm³/mol. The Labute approximate surface area is 845 Å². The SMILES string of the molecule is CC(=O)N[C@@H]1[C@@H](O)[C@H](O[C@@H]2O[C@H](CO)[C@@H](O[C@@H]3O[C@H](CO[C@H]4O[C@H](CO[C@H]5O[C@H](CO)[C@@H](O)[C@H](O)[C@@H]5O[C@H]5O[C@H](CO)[C@@H](O)[C@H](O)[C@@H]5O[C@H]5O[C@H](CO)[C@@H](O)[C@H](O)[C@H]5O)[C@@H](O)[C@H](O[C@H]5O[C@H](CO)[C@@H](O)[C@H](O)[C@@H]5O[C@H]5O[C@H](CO)[C@@H](O)[C@H](O)[C@H]5O)[C@@H]4O)[C@@H](O)[C@H](O[C@H]4O[C@H](CO)[C@@H](O)[C@H](O)[C@@H]4O[C@H]4O[C@H](CO)[C@@H](O)[C@H](O)[C@@H]4O[C@H]4O[C@H](CO)[C@@H](O)[C@H](O)[C@@H]4O[C@H]4O[C@H](CO)[C@@H](O)[C@H](O)[C@H]4O)[C@@H]3O)[C@H](O)[C@H]2NC(C)=O)[C@@H](CO)O[C@H]1O. The molecule has 65 atom stereocenters. The second-order valence-corrected chi connectivity index (χ2v) is 38.0. The van der Waals surface area contributed by atoms with E-state index in [4.69, 9.17) is 118 Å². The highest BCUT2D eigenvalue weighted by Crippen LogP contribution is 2.44. The minimum atomic E-state index is -2.80. The summed E-state index contributed by atoms with van der Waals surface area (Å²) in [6, 6.07) is -3.83. The molecule has 0 aromatic rings. The molecule has 2 amide bonds. The van der Waals surface area contributed by atoms with Crippen LogP contribution in [0.4, 0.5) is 0 Å². The molecule has 13 heterocycles. The molecule has 68 heteroatoms. The van der Waals surface area contributed by atoms with E-state index in [-0.39, 0.29) is 0 Å². The van der Waals surface area contributed by atoms with E-state index in [0.29, 0.717) is 0 Å². The molecule has 13 saturated heterocycles. The number of carbonyl (C=O) groups excluding carboxylic acids is 2. The van der Waals surface area contributed by atoms with Crippen molar-refractivity contribution in [2.45, 2.75) is 413 Å². The molecule has 0 bridgehead atoms. The summed E-state index contributed by atoms with van der Waals surface area (Å²) in [5.41, 5.74) is 0. The molecule has 13 aliphatic heterocycles. The number of amides is 2. The van der Waals surface area contributed by atoms with Crippen molar-refractivity contribution in [3.63, 3.8) is 0 Å². The summed E-state index contributed by atoms with van der Waals surface area (Å²) in [6.45, 7) is -14.1. The van der Waals surface area contributed by atoms with Crippen molar-refractivity contribution in [2.24, 2.45) is 0 Å². The van der Waals surface area contributed by atoms with Gasteiger partial charge in [-0.15, -0.1) is 0 Å². The highest BCUT2D eigenvalue weighted by Gasteiger charge is 2.65. The summed E-state index contributed by atoms with van der Waals surface area (Å²) in [5, 5.41) is 444. The van der Waals surface area contributed by atoms with E-state index in [1.807, 2.05) is 0 Å². The maximum Gasteiger partial charge on any atom is 0.217 e. The molecule has 13 aliphatic rings. The first kappa shape index (κ1) is 123. The number of ether oxygens (including phenoxy) is 25. The summed E-state index contributed by atoms with van der Waals surface area (Å²) in [5.74, 6) is -1.90. The standard InChI is InChI=1S/C82H138N2O66/c1-16(96)83-31-44(109)60(27(12-94)128-70(31)125)141-71-32(84-17(2)97)45(110)61(28(13-95)138-71)142-76-59(124)63(144-79-68(53(118)40(105)23(8-90)134-79)149-82-69(54(119)41(106)26(11-93)137-82)150-81-67(52(117)39(104)25(10-92)136-81)147-75-57(122)48(113)35(100)20(5-87)131-75)43(108)30(140-76)14-126-72-58(123)62(143-78-65(50(115)37(102)22(7-89)133-78)145-73-55(120)46(111)33(98)18(3-85)129-73)42(107)29(139-72)15-127-77-64(49(114)36(101)21(6-88)132-77)148-80-66(51(116)38(103)24(9-91)135-80)146-74-56(121)47(112)34(99)19(4-86)130-74/h18-82,85-95,98-125H,3-15H2,1-2H3,(H,83,96)(H,84,97)/t18-,19-,20-,21-,22-,23-,24-,25-,26-,27-,28-,29-,30-,31-,32-,33-,34-,35-,36-,37-,38-,39-,40-,41-,42-,43-,44-,45-,46+,47+,48+,49+,50+,51+,52+,53+,54+,55-,56-,57-,58+,59+,60-,61-,62+,63+,64+,65+,66+,67+,68+,69+,70-,71+,72+,73-,74-,75-,76+,77+,78-,79-,80-,81-,82-/m1/s1. The molecular weight excluding hydrogens is 2070 g/mol. The van der Waals surface area contributed by atoms with Crippen LogP contribution in [0.1, 0.15) is 13.8 Å². The number of carbonyl (C=O) groups is 2. The van der Waals surface area contributed by atoms with Crippen LogP contribution in [0.3, 0.4) is 0 Å². The van der Waals surface area contributed by atoms with Gasteiger partial charge in [-0.1, -0.05) is 0 Å². The summed E-state index contributed by atoms with van der Waals surface area (Å²) < 4.78 is 148. The quantitative estimate of drug-likeness (QED) is 0.0272. The normalized spacial score (nSPS) is 52.1. The van der Waals surface area contributed by atoms with E-state index in [0.717, 1.165) is 13.8 Å². The van der Waals surface area contributed by atoms with Gasteiger partial charge in [0.2, 0.25) is 11.8 Å². The van der Waals surface area contributed by atoms with E-state index in [1.54, 1.807) is 0 Å². The largest absolute Gasteiger partial charge is 0.394 e. The fourth-order valence-electron chi connectivity index (χ4n) is 19.4.